The SMILES string of the molecule is [Co].[W].c1cncc(-c2cccnc2-c2cccnc2)c1. The maximum Gasteiger partial charge on any atom is 0.0796 e. The fourth-order valence-electron chi connectivity index (χ4n) is 1.89. The standard InChI is InChI=1S/C15H11N3.Co.W/c1-4-12(10-16-7-1)14-6-3-9-18-15(14)13-5-2-8-17-11-13;;/h1-11H;;. The van der Waals surface area contributed by atoms with Gasteiger partial charge in [-0.15, -0.1) is 0 Å². The van der Waals surface area contributed by atoms with E-state index in [1.54, 1.807) is 18.6 Å². The normalized spacial score (nSPS) is 9.20. The Hall–Kier alpha value is -1.36. The van der Waals surface area contributed by atoms with Gasteiger partial charge in [-0.25, -0.2) is 0 Å². The molecule has 0 saturated heterocycles. The summed E-state index contributed by atoms with van der Waals surface area (Å²) in [5.41, 5.74) is 4.07. The Morgan fingerprint density at radius 2 is 1.30 bits per heavy atom. The van der Waals surface area contributed by atoms with Crippen molar-refractivity contribution < 1.29 is 37.8 Å². The minimum atomic E-state index is 0. The van der Waals surface area contributed by atoms with Crippen LogP contribution in [-0.2, 0) is 37.8 Å². The van der Waals surface area contributed by atoms with E-state index in [-0.39, 0.29) is 37.8 Å². The minimum absolute atomic E-state index is 0. The molecule has 0 spiro atoms. The predicted octanol–water partition coefficient (Wildman–Crippen LogP) is 3.20. The largest absolute Gasteiger partial charge is 0.264 e. The van der Waals surface area contributed by atoms with Crippen LogP contribution in [0, 0.1) is 0 Å². The minimum Gasteiger partial charge on any atom is -0.264 e. The third-order valence-electron chi connectivity index (χ3n) is 2.72. The monoisotopic (exact) mass is 476 g/mol. The van der Waals surface area contributed by atoms with Crippen molar-refractivity contribution in [1.29, 1.82) is 0 Å². The molecule has 3 heterocycles. The quantitative estimate of drug-likeness (QED) is 0.571. The van der Waals surface area contributed by atoms with Crippen LogP contribution in [-0.4, -0.2) is 15.0 Å². The van der Waals surface area contributed by atoms with E-state index in [0.717, 1.165) is 22.4 Å². The van der Waals surface area contributed by atoms with Gasteiger partial charge in [0.15, 0.2) is 0 Å². The van der Waals surface area contributed by atoms with Crippen molar-refractivity contribution in [2.24, 2.45) is 0 Å². The molecule has 0 aliphatic rings. The predicted molar refractivity (Wildman–Crippen MR) is 70.7 cm³/mol. The average molecular weight is 476 g/mol. The van der Waals surface area contributed by atoms with Gasteiger partial charge in [0.2, 0.25) is 0 Å². The van der Waals surface area contributed by atoms with Gasteiger partial charge in [-0.1, -0.05) is 12.1 Å². The van der Waals surface area contributed by atoms with E-state index in [1.165, 1.54) is 0 Å². The Kier molecular flexibility index (Phi) is 6.72. The van der Waals surface area contributed by atoms with Crippen LogP contribution in [0.5, 0.6) is 0 Å². The first-order valence-electron chi connectivity index (χ1n) is 5.71. The number of nitrogens with zero attached hydrogens (tertiary/aromatic N) is 3. The molecule has 0 bridgehead atoms. The molecule has 3 rings (SSSR count). The number of aromatic nitrogens is 3. The number of rotatable bonds is 2. The summed E-state index contributed by atoms with van der Waals surface area (Å²) in [6.45, 7) is 0. The molecule has 3 aromatic heterocycles. The fourth-order valence-corrected chi connectivity index (χ4v) is 1.89. The summed E-state index contributed by atoms with van der Waals surface area (Å²) in [6.07, 6.45) is 8.99. The molecule has 20 heavy (non-hydrogen) atoms. The molecule has 3 nitrogen and oxygen atoms in total. The summed E-state index contributed by atoms with van der Waals surface area (Å²) < 4.78 is 0. The van der Waals surface area contributed by atoms with Crippen molar-refractivity contribution in [3.63, 3.8) is 0 Å². The van der Waals surface area contributed by atoms with Crippen LogP contribution < -0.4 is 0 Å². The van der Waals surface area contributed by atoms with E-state index >= 15 is 0 Å². The molecule has 3 aromatic rings. The Balaban J connectivity index is 0.000001000. The Bertz CT molecular complexity index is 589. The first-order valence-corrected chi connectivity index (χ1v) is 5.71. The number of pyridine rings is 3. The van der Waals surface area contributed by atoms with Gasteiger partial charge in [0, 0.05) is 85.5 Å². The molecular formula is C15H11CoN3W. The maximum absolute atomic E-state index is 4.46. The molecule has 0 N–H and O–H groups in total. The second kappa shape index (κ2) is 8.05. The van der Waals surface area contributed by atoms with Crippen LogP contribution in [0.2, 0.25) is 0 Å². The summed E-state index contributed by atoms with van der Waals surface area (Å²) in [4.78, 5) is 12.8. The van der Waals surface area contributed by atoms with Crippen LogP contribution >= 0.6 is 0 Å². The third kappa shape index (κ3) is 3.60. The van der Waals surface area contributed by atoms with Crippen molar-refractivity contribution in [3.8, 4) is 22.4 Å². The van der Waals surface area contributed by atoms with Crippen molar-refractivity contribution >= 4 is 0 Å². The van der Waals surface area contributed by atoms with Gasteiger partial charge in [-0.3, -0.25) is 15.0 Å². The van der Waals surface area contributed by atoms with Gasteiger partial charge >= 0.3 is 0 Å². The van der Waals surface area contributed by atoms with Gasteiger partial charge in [0.05, 0.1) is 5.69 Å². The zero-order valence-electron chi connectivity index (χ0n) is 10.4. The molecule has 0 aromatic carbocycles. The van der Waals surface area contributed by atoms with Crippen LogP contribution in [0.1, 0.15) is 0 Å². The van der Waals surface area contributed by atoms with Crippen molar-refractivity contribution in [1.82, 2.24) is 15.0 Å². The van der Waals surface area contributed by atoms with E-state index in [0.29, 0.717) is 0 Å². The van der Waals surface area contributed by atoms with Gasteiger partial charge in [-0.05, 0) is 24.3 Å². The van der Waals surface area contributed by atoms with Crippen LogP contribution in [0.4, 0.5) is 0 Å². The molecule has 0 fully saturated rings. The smallest absolute Gasteiger partial charge is 0.0796 e. The third-order valence-corrected chi connectivity index (χ3v) is 2.72. The van der Waals surface area contributed by atoms with Crippen molar-refractivity contribution in [2.45, 2.75) is 0 Å². The van der Waals surface area contributed by atoms with E-state index in [4.69, 9.17) is 0 Å². The molecule has 0 aliphatic carbocycles. The Morgan fingerprint density at radius 3 is 1.90 bits per heavy atom. The molecule has 5 heteroatoms. The molecule has 1 radical (unpaired) electrons. The van der Waals surface area contributed by atoms with Crippen molar-refractivity contribution in [3.05, 3.63) is 67.4 Å². The van der Waals surface area contributed by atoms with Crippen LogP contribution in [0.3, 0.4) is 0 Å². The summed E-state index contributed by atoms with van der Waals surface area (Å²) >= 11 is 0. The Labute approximate surface area is 142 Å². The van der Waals surface area contributed by atoms with E-state index in [2.05, 4.69) is 15.0 Å². The average Bonchev–Trinajstić information content (AvgIpc) is 2.49. The topological polar surface area (TPSA) is 38.7 Å². The molecule has 0 aliphatic heterocycles. The molecule has 0 amide bonds. The molecule has 0 unspecified atom stereocenters. The van der Waals surface area contributed by atoms with E-state index < -0.39 is 0 Å². The second-order valence-electron chi connectivity index (χ2n) is 3.88. The molecule has 0 saturated carbocycles. The van der Waals surface area contributed by atoms with E-state index in [1.807, 2.05) is 48.8 Å². The van der Waals surface area contributed by atoms with Gasteiger partial charge in [0.1, 0.15) is 0 Å². The van der Waals surface area contributed by atoms with Crippen LogP contribution in [0.25, 0.3) is 22.4 Å². The van der Waals surface area contributed by atoms with Gasteiger partial charge in [-0.2, -0.15) is 0 Å². The molecular weight excluding hydrogens is 465 g/mol. The van der Waals surface area contributed by atoms with Crippen LogP contribution in [0.15, 0.2) is 67.4 Å². The number of hydrogen-bond acceptors (Lipinski definition) is 3. The second-order valence-corrected chi connectivity index (χ2v) is 3.88. The number of hydrogen-bond donors (Lipinski definition) is 0. The maximum atomic E-state index is 4.46. The summed E-state index contributed by atoms with van der Waals surface area (Å²) in [6, 6.07) is 11.9. The fraction of sp³-hybridized carbons (Fsp3) is 0. The van der Waals surface area contributed by atoms with Gasteiger partial charge < -0.3 is 0 Å². The summed E-state index contributed by atoms with van der Waals surface area (Å²) in [7, 11) is 0. The summed E-state index contributed by atoms with van der Waals surface area (Å²) in [5.74, 6) is 0. The first kappa shape index (κ1) is 16.7. The first-order chi connectivity index (χ1) is 8.95. The molecule has 101 valence electrons. The van der Waals surface area contributed by atoms with Crippen molar-refractivity contribution in [2.75, 3.05) is 0 Å². The van der Waals surface area contributed by atoms with E-state index in [9.17, 15) is 0 Å². The summed E-state index contributed by atoms with van der Waals surface area (Å²) in [5, 5.41) is 0. The molecule has 0 atom stereocenters. The van der Waals surface area contributed by atoms with Gasteiger partial charge in [0.25, 0.3) is 0 Å². The zero-order valence-corrected chi connectivity index (χ0v) is 14.4. The zero-order chi connectivity index (χ0) is 12.2. The Morgan fingerprint density at radius 1 is 0.700 bits per heavy atom.